The van der Waals surface area contributed by atoms with Gasteiger partial charge in [-0.2, -0.15) is 0 Å². The molecule has 0 radical (unpaired) electrons. The first kappa shape index (κ1) is 11.5. The zero-order chi connectivity index (χ0) is 11.4. The van der Waals surface area contributed by atoms with Gasteiger partial charge in [0.05, 0.1) is 5.69 Å². The molecule has 2 nitrogen and oxygen atoms in total. The van der Waals surface area contributed by atoms with Crippen LogP contribution in [0.4, 0.5) is 4.39 Å². The van der Waals surface area contributed by atoms with Gasteiger partial charge in [-0.1, -0.05) is 19.4 Å². The van der Waals surface area contributed by atoms with Crippen molar-refractivity contribution in [3.63, 3.8) is 0 Å². The quantitative estimate of drug-likeness (QED) is 0.850. The monoisotopic (exact) mass is 222 g/mol. The highest BCUT2D eigenvalue weighted by Gasteiger charge is 2.34. The third-order valence-corrected chi connectivity index (χ3v) is 3.22. The van der Waals surface area contributed by atoms with Crippen LogP contribution in [-0.4, -0.2) is 18.1 Å². The average molecular weight is 222 g/mol. The van der Waals surface area contributed by atoms with Crippen molar-refractivity contribution in [3.8, 4) is 0 Å². The largest absolute Gasteiger partial charge is 0.316 e. The second-order valence-corrected chi connectivity index (χ2v) is 4.52. The minimum Gasteiger partial charge on any atom is -0.316 e. The first-order valence-corrected chi connectivity index (χ1v) is 6.10. The van der Waals surface area contributed by atoms with E-state index in [0.29, 0.717) is 18.5 Å². The first-order chi connectivity index (χ1) is 7.74. The first-order valence-electron chi connectivity index (χ1n) is 6.10. The minimum atomic E-state index is -1.21. The average Bonchev–Trinajstić information content (AvgIpc) is 2.31. The summed E-state index contributed by atoms with van der Waals surface area (Å²) in [6.45, 7) is 3.63. The molecule has 0 amide bonds. The third kappa shape index (κ3) is 2.40. The maximum atomic E-state index is 14.5. The van der Waals surface area contributed by atoms with Crippen LogP contribution in [0.15, 0.2) is 18.3 Å². The summed E-state index contributed by atoms with van der Waals surface area (Å²) in [6, 6.07) is 3.87. The van der Waals surface area contributed by atoms with Crippen LogP contribution in [0.25, 0.3) is 0 Å². The van der Waals surface area contributed by atoms with E-state index in [2.05, 4.69) is 17.2 Å². The second-order valence-electron chi connectivity index (χ2n) is 4.52. The number of nitrogens with one attached hydrogen (secondary N) is 1. The molecule has 1 N–H and O–H groups in total. The van der Waals surface area contributed by atoms with Gasteiger partial charge < -0.3 is 5.32 Å². The fourth-order valence-corrected chi connectivity index (χ4v) is 2.21. The van der Waals surface area contributed by atoms with Crippen LogP contribution < -0.4 is 5.32 Å². The number of aryl methyl sites for hydroxylation is 1. The Morgan fingerprint density at radius 1 is 1.38 bits per heavy atom. The van der Waals surface area contributed by atoms with Gasteiger partial charge in [0.15, 0.2) is 5.67 Å². The van der Waals surface area contributed by atoms with Crippen LogP contribution in [0.1, 0.15) is 37.4 Å². The molecule has 0 unspecified atom stereocenters. The molecule has 1 saturated heterocycles. The van der Waals surface area contributed by atoms with Crippen molar-refractivity contribution in [1.29, 1.82) is 0 Å². The van der Waals surface area contributed by atoms with Gasteiger partial charge in [-0.05, 0) is 44.0 Å². The molecule has 2 heterocycles. The van der Waals surface area contributed by atoms with Crippen LogP contribution in [0, 0.1) is 0 Å². The number of pyridine rings is 1. The van der Waals surface area contributed by atoms with E-state index in [4.69, 9.17) is 0 Å². The highest BCUT2D eigenvalue weighted by Crippen LogP contribution is 2.33. The molecule has 3 heteroatoms. The van der Waals surface area contributed by atoms with E-state index in [9.17, 15) is 4.39 Å². The molecule has 1 aliphatic heterocycles. The second kappa shape index (κ2) is 4.91. The summed E-state index contributed by atoms with van der Waals surface area (Å²) in [5.41, 5.74) is 0.591. The van der Waals surface area contributed by atoms with Gasteiger partial charge in [-0.3, -0.25) is 4.98 Å². The number of nitrogens with zero attached hydrogens (tertiary/aromatic N) is 1. The zero-order valence-electron chi connectivity index (χ0n) is 9.80. The Labute approximate surface area is 96.3 Å². The highest BCUT2D eigenvalue weighted by molar-refractivity contribution is 5.19. The lowest BCUT2D eigenvalue weighted by Gasteiger charge is -2.29. The number of piperidine rings is 1. The zero-order valence-corrected chi connectivity index (χ0v) is 9.80. The summed E-state index contributed by atoms with van der Waals surface area (Å²) >= 11 is 0. The molecule has 1 aliphatic rings. The molecule has 16 heavy (non-hydrogen) atoms. The highest BCUT2D eigenvalue weighted by atomic mass is 19.1. The van der Waals surface area contributed by atoms with Crippen molar-refractivity contribution in [2.75, 3.05) is 13.1 Å². The maximum absolute atomic E-state index is 14.5. The number of halogens is 1. The summed E-state index contributed by atoms with van der Waals surface area (Å²) in [7, 11) is 0. The van der Waals surface area contributed by atoms with Crippen LogP contribution >= 0.6 is 0 Å². The summed E-state index contributed by atoms with van der Waals surface area (Å²) in [5, 5.41) is 3.17. The Hall–Kier alpha value is -0.960. The lowest BCUT2D eigenvalue weighted by atomic mass is 9.90. The Balaban J connectivity index is 2.13. The van der Waals surface area contributed by atoms with E-state index in [1.54, 1.807) is 0 Å². The Kier molecular flexibility index (Phi) is 3.54. The van der Waals surface area contributed by atoms with Crippen molar-refractivity contribution in [3.05, 3.63) is 29.6 Å². The molecule has 2 rings (SSSR count). The van der Waals surface area contributed by atoms with Gasteiger partial charge in [-0.15, -0.1) is 0 Å². The predicted molar refractivity (Wildman–Crippen MR) is 63.1 cm³/mol. The molecule has 0 bridgehead atoms. The number of aromatic nitrogens is 1. The Morgan fingerprint density at radius 2 is 2.12 bits per heavy atom. The molecule has 1 aromatic rings. The van der Waals surface area contributed by atoms with Gasteiger partial charge in [0, 0.05) is 6.20 Å². The summed E-state index contributed by atoms with van der Waals surface area (Å²) < 4.78 is 14.5. The van der Waals surface area contributed by atoms with Gasteiger partial charge in [-0.25, -0.2) is 4.39 Å². The van der Waals surface area contributed by atoms with E-state index in [0.717, 1.165) is 25.9 Å². The molecule has 0 aliphatic carbocycles. The molecule has 88 valence electrons. The predicted octanol–water partition coefficient (Wildman–Crippen LogP) is 2.58. The van der Waals surface area contributed by atoms with Gasteiger partial charge in [0.25, 0.3) is 0 Å². The van der Waals surface area contributed by atoms with Crippen molar-refractivity contribution >= 4 is 0 Å². The molecule has 0 atom stereocenters. The van der Waals surface area contributed by atoms with Crippen molar-refractivity contribution < 1.29 is 4.39 Å². The molecular formula is C13H19FN2. The molecule has 0 spiro atoms. The Morgan fingerprint density at radius 3 is 2.69 bits per heavy atom. The smallest absolute Gasteiger partial charge is 0.155 e. The number of hydrogen-bond acceptors (Lipinski definition) is 2. The topological polar surface area (TPSA) is 24.9 Å². The van der Waals surface area contributed by atoms with Gasteiger partial charge >= 0.3 is 0 Å². The maximum Gasteiger partial charge on any atom is 0.155 e. The Bertz CT molecular complexity index is 328. The van der Waals surface area contributed by atoms with E-state index >= 15 is 0 Å². The molecule has 0 saturated carbocycles. The van der Waals surface area contributed by atoms with Gasteiger partial charge in [0.1, 0.15) is 0 Å². The third-order valence-electron chi connectivity index (χ3n) is 3.22. The SMILES string of the molecule is CCCc1ccc(C2(F)CCNCC2)nc1. The van der Waals surface area contributed by atoms with Crippen LogP contribution in [0.5, 0.6) is 0 Å². The fraction of sp³-hybridized carbons (Fsp3) is 0.615. The number of hydrogen-bond donors (Lipinski definition) is 1. The summed E-state index contributed by atoms with van der Waals surface area (Å²) in [4.78, 5) is 4.29. The summed E-state index contributed by atoms with van der Waals surface area (Å²) in [5.74, 6) is 0. The van der Waals surface area contributed by atoms with E-state index in [1.165, 1.54) is 5.56 Å². The van der Waals surface area contributed by atoms with E-state index < -0.39 is 5.67 Å². The van der Waals surface area contributed by atoms with Crippen molar-refractivity contribution in [2.45, 2.75) is 38.3 Å². The van der Waals surface area contributed by atoms with Gasteiger partial charge in [0.2, 0.25) is 0 Å². The molecular weight excluding hydrogens is 203 g/mol. The molecule has 1 aromatic heterocycles. The van der Waals surface area contributed by atoms with Crippen LogP contribution in [0.2, 0.25) is 0 Å². The normalized spacial score (nSPS) is 19.6. The summed E-state index contributed by atoms with van der Waals surface area (Å²) in [6.07, 6.45) is 5.02. The number of rotatable bonds is 3. The lowest BCUT2D eigenvalue weighted by molar-refractivity contribution is 0.110. The van der Waals surface area contributed by atoms with E-state index in [-0.39, 0.29) is 0 Å². The fourth-order valence-electron chi connectivity index (χ4n) is 2.21. The van der Waals surface area contributed by atoms with Crippen molar-refractivity contribution in [1.82, 2.24) is 10.3 Å². The lowest BCUT2D eigenvalue weighted by Crippen LogP contribution is -2.37. The van der Waals surface area contributed by atoms with Crippen LogP contribution in [-0.2, 0) is 12.1 Å². The molecule has 1 fully saturated rings. The van der Waals surface area contributed by atoms with Crippen molar-refractivity contribution in [2.24, 2.45) is 0 Å². The number of alkyl halides is 1. The van der Waals surface area contributed by atoms with Crippen LogP contribution in [0.3, 0.4) is 0 Å². The minimum absolute atomic E-state index is 0.535. The standard InChI is InChI=1S/C13H19FN2/c1-2-3-11-4-5-12(16-10-11)13(14)6-8-15-9-7-13/h4-5,10,15H,2-3,6-9H2,1H3. The van der Waals surface area contributed by atoms with E-state index in [1.807, 2.05) is 18.3 Å². The molecule has 0 aromatic carbocycles.